The van der Waals surface area contributed by atoms with Gasteiger partial charge in [0.15, 0.2) is 11.7 Å². The van der Waals surface area contributed by atoms with E-state index in [1.165, 1.54) is 0 Å². The summed E-state index contributed by atoms with van der Waals surface area (Å²) in [7, 11) is 0. The Balaban J connectivity index is 1.85. The Morgan fingerprint density at radius 1 is 1.22 bits per heavy atom. The van der Waals surface area contributed by atoms with E-state index in [9.17, 15) is 4.79 Å². The number of hydrogen-bond donors (Lipinski definition) is 2. The highest BCUT2D eigenvalue weighted by molar-refractivity contribution is 7.80. The maximum atomic E-state index is 11.9. The van der Waals surface area contributed by atoms with Gasteiger partial charge in [-0.3, -0.25) is 10.1 Å². The first kappa shape index (κ1) is 17.2. The van der Waals surface area contributed by atoms with E-state index in [-0.39, 0.29) is 17.6 Å². The summed E-state index contributed by atoms with van der Waals surface area (Å²) in [6.07, 6.45) is 0. The van der Waals surface area contributed by atoms with E-state index in [4.69, 9.17) is 28.6 Å². The molecule has 0 atom stereocenters. The lowest BCUT2D eigenvalue weighted by Crippen LogP contribution is -2.37. The maximum absolute atomic E-state index is 11.9. The van der Waals surface area contributed by atoms with Gasteiger partial charge in [-0.25, -0.2) is 0 Å². The van der Waals surface area contributed by atoms with E-state index in [2.05, 4.69) is 10.6 Å². The average Bonchev–Trinajstić information content (AvgIpc) is 2.49. The largest absolute Gasteiger partial charge is 0.482 e. The van der Waals surface area contributed by atoms with Crippen molar-refractivity contribution in [3.8, 4) is 5.75 Å². The van der Waals surface area contributed by atoms with Crippen LogP contribution in [0.25, 0.3) is 0 Å². The molecule has 0 spiro atoms. The Bertz CT molecular complexity index is 734. The number of carbonyl (C=O) groups is 1. The highest BCUT2D eigenvalue weighted by Crippen LogP contribution is 2.22. The number of benzene rings is 2. The van der Waals surface area contributed by atoms with Crippen molar-refractivity contribution in [2.75, 3.05) is 11.9 Å². The zero-order valence-electron chi connectivity index (χ0n) is 12.9. The minimum Gasteiger partial charge on any atom is -0.482 e. The highest BCUT2D eigenvalue weighted by atomic mass is 35.5. The van der Waals surface area contributed by atoms with Crippen LogP contribution in [-0.2, 0) is 4.79 Å². The summed E-state index contributed by atoms with van der Waals surface area (Å²) in [6.45, 7) is 3.82. The Kier molecular flexibility index (Phi) is 5.96. The van der Waals surface area contributed by atoms with Gasteiger partial charge in [0.2, 0.25) is 0 Å². The second kappa shape index (κ2) is 7.94. The molecule has 2 aromatic rings. The fourth-order valence-electron chi connectivity index (χ4n) is 1.98. The summed E-state index contributed by atoms with van der Waals surface area (Å²) in [6, 6.07) is 12.9. The fourth-order valence-corrected chi connectivity index (χ4v) is 2.39. The van der Waals surface area contributed by atoms with Crippen LogP contribution in [0.1, 0.15) is 11.1 Å². The molecule has 6 heteroatoms. The van der Waals surface area contributed by atoms with Crippen molar-refractivity contribution in [1.82, 2.24) is 5.32 Å². The summed E-state index contributed by atoms with van der Waals surface area (Å²) in [5.41, 5.74) is 3.07. The number of carbonyl (C=O) groups excluding carboxylic acids is 1. The molecule has 0 aliphatic heterocycles. The van der Waals surface area contributed by atoms with Gasteiger partial charge in [-0.2, -0.15) is 0 Å². The predicted molar refractivity (Wildman–Crippen MR) is 97.2 cm³/mol. The topological polar surface area (TPSA) is 50.4 Å². The molecule has 0 bridgehead atoms. The van der Waals surface area contributed by atoms with Crippen LogP contribution >= 0.6 is 23.8 Å². The van der Waals surface area contributed by atoms with Gasteiger partial charge in [-0.15, -0.1) is 0 Å². The zero-order chi connectivity index (χ0) is 16.8. The van der Waals surface area contributed by atoms with E-state index in [0.717, 1.165) is 16.8 Å². The lowest BCUT2D eigenvalue weighted by atomic mass is 10.1. The number of para-hydroxylation sites is 1. The molecular weight excluding hydrogens is 332 g/mol. The van der Waals surface area contributed by atoms with Crippen LogP contribution in [0.4, 0.5) is 5.69 Å². The number of hydrogen-bond acceptors (Lipinski definition) is 3. The van der Waals surface area contributed by atoms with E-state index in [1.54, 1.807) is 24.3 Å². The van der Waals surface area contributed by atoms with Crippen molar-refractivity contribution >= 4 is 40.5 Å². The number of ether oxygens (including phenoxy) is 1. The number of aryl methyl sites for hydroxylation is 2. The van der Waals surface area contributed by atoms with Gasteiger partial charge >= 0.3 is 0 Å². The molecule has 23 heavy (non-hydrogen) atoms. The van der Waals surface area contributed by atoms with Crippen LogP contribution in [0.3, 0.4) is 0 Å². The number of halogens is 1. The normalized spacial score (nSPS) is 10.0. The summed E-state index contributed by atoms with van der Waals surface area (Å²) < 4.78 is 5.36. The van der Waals surface area contributed by atoms with Gasteiger partial charge in [0.1, 0.15) is 5.75 Å². The number of anilines is 1. The van der Waals surface area contributed by atoms with Crippen LogP contribution in [0.2, 0.25) is 5.02 Å². The first-order valence-electron chi connectivity index (χ1n) is 7.01. The second-order valence-corrected chi connectivity index (χ2v) is 5.86. The quantitative estimate of drug-likeness (QED) is 0.824. The minimum atomic E-state index is -0.354. The Labute approximate surface area is 145 Å². The molecule has 1 amide bonds. The average molecular weight is 349 g/mol. The SMILES string of the molecule is Cc1ccc(NC(=S)NC(=O)COc2ccccc2Cl)c(C)c1. The molecule has 2 N–H and O–H groups in total. The van der Waals surface area contributed by atoms with Crippen molar-refractivity contribution < 1.29 is 9.53 Å². The first-order valence-corrected chi connectivity index (χ1v) is 7.80. The highest BCUT2D eigenvalue weighted by Gasteiger charge is 2.08. The molecule has 0 fully saturated rings. The summed E-state index contributed by atoms with van der Waals surface area (Å²) in [5.74, 6) is 0.102. The van der Waals surface area contributed by atoms with Crippen molar-refractivity contribution in [2.24, 2.45) is 0 Å². The van der Waals surface area contributed by atoms with Crippen molar-refractivity contribution in [3.63, 3.8) is 0 Å². The summed E-state index contributed by atoms with van der Waals surface area (Å²) in [4.78, 5) is 11.9. The number of thiocarbonyl (C=S) groups is 1. The minimum absolute atomic E-state index is 0.168. The van der Waals surface area contributed by atoms with Gasteiger partial charge in [0, 0.05) is 5.69 Å². The van der Waals surface area contributed by atoms with Gasteiger partial charge < -0.3 is 10.1 Å². The molecule has 0 aliphatic carbocycles. The predicted octanol–water partition coefficient (Wildman–Crippen LogP) is 3.85. The van der Waals surface area contributed by atoms with Crippen LogP contribution < -0.4 is 15.4 Å². The van der Waals surface area contributed by atoms with E-state index >= 15 is 0 Å². The van der Waals surface area contributed by atoms with Gasteiger partial charge in [-0.05, 0) is 49.8 Å². The molecule has 120 valence electrons. The molecule has 4 nitrogen and oxygen atoms in total. The standard InChI is InChI=1S/C17H17ClN2O2S/c1-11-7-8-14(12(2)9-11)19-17(23)20-16(21)10-22-15-6-4-3-5-13(15)18/h3-9H,10H2,1-2H3,(H2,19,20,21,23). The third kappa shape index (κ3) is 5.23. The molecule has 0 heterocycles. The Morgan fingerprint density at radius 2 is 1.96 bits per heavy atom. The van der Waals surface area contributed by atoms with Gasteiger partial charge in [0.05, 0.1) is 5.02 Å². The maximum Gasteiger partial charge on any atom is 0.264 e. The van der Waals surface area contributed by atoms with Crippen LogP contribution in [0, 0.1) is 13.8 Å². The molecule has 0 saturated carbocycles. The third-order valence-corrected chi connectivity index (χ3v) is 3.59. The molecule has 0 aromatic heterocycles. The lowest BCUT2D eigenvalue weighted by molar-refractivity contribution is -0.121. The molecule has 0 unspecified atom stereocenters. The molecule has 2 aromatic carbocycles. The van der Waals surface area contributed by atoms with Crippen molar-refractivity contribution in [1.29, 1.82) is 0 Å². The van der Waals surface area contributed by atoms with E-state index in [0.29, 0.717) is 10.8 Å². The molecule has 0 radical (unpaired) electrons. The number of rotatable bonds is 4. The van der Waals surface area contributed by atoms with E-state index < -0.39 is 0 Å². The molecule has 0 saturated heterocycles. The lowest BCUT2D eigenvalue weighted by Gasteiger charge is -2.13. The number of amides is 1. The molecule has 2 rings (SSSR count). The third-order valence-electron chi connectivity index (χ3n) is 3.08. The van der Waals surface area contributed by atoms with Gasteiger partial charge in [-0.1, -0.05) is 41.4 Å². The van der Waals surface area contributed by atoms with Crippen LogP contribution in [0.5, 0.6) is 5.75 Å². The summed E-state index contributed by atoms with van der Waals surface area (Å²) >= 11 is 11.1. The Morgan fingerprint density at radius 3 is 2.65 bits per heavy atom. The number of nitrogens with one attached hydrogen (secondary N) is 2. The Hall–Kier alpha value is -2.11. The summed E-state index contributed by atoms with van der Waals surface area (Å²) in [5, 5.41) is 6.25. The molecule has 0 aliphatic rings. The zero-order valence-corrected chi connectivity index (χ0v) is 14.4. The first-order chi connectivity index (χ1) is 11.0. The fraction of sp³-hybridized carbons (Fsp3) is 0.176. The van der Waals surface area contributed by atoms with Crippen LogP contribution in [-0.4, -0.2) is 17.6 Å². The van der Waals surface area contributed by atoms with Gasteiger partial charge in [0.25, 0.3) is 5.91 Å². The monoisotopic (exact) mass is 348 g/mol. The van der Waals surface area contributed by atoms with Crippen molar-refractivity contribution in [2.45, 2.75) is 13.8 Å². The smallest absolute Gasteiger partial charge is 0.264 e. The molecular formula is C17H17ClN2O2S. The van der Waals surface area contributed by atoms with Crippen LogP contribution in [0.15, 0.2) is 42.5 Å². The second-order valence-electron chi connectivity index (χ2n) is 5.04. The van der Waals surface area contributed by atoms with E-state index in [1.807, 2.05) is 32.0 Å². The van der Waals surface area contributed by atoms with Crippen molar-refractivity contribution in [3.05, 3.63) is 58.6 Å².